The number of urea groups is 1. The van der Waals surface area contributed by atoms with E-state index in [0.717, 1.165) is 32.2 Å². The lowest BCUT2D eigenvalue weighted by molar-refractivity contribution is -0.116. The van der Waals surface area contributed by atoms with Gasteiger partial charge in [-0.15, -0.1) is 0 Å². The summed E-state index contributed by atoms with van der Waals surface area (Å²) in [4.78, 5) is 41.0. The lowest BCUT2D eigenvalue weighted by Gasteiger charge is -2.51. The number of ether oxygens (including phenoxy) is 1. The summed E-state index contributed by atoms with van der Waals surface area (Å²) in [5.41, 5.74) is 1.05. The molecule has 0 unspecified atom stereocenters. The second-order valence-electron chi connectivity index (χ2n) is 11.1. The number of benzene rings is 1. The van der Waals surface area contributed by atoms with Crippen molar-refractivity contribution in [1.82, 2.24) is 24.7 Å². The Morgan fingerprint density at radius 2 is 1.78 bits per heavy atom. The molecule has 0 radical (unpaired) electrons. The molecule has 1 aromatic heterocycles. The van der Waals surface area contributed by atoms with Crippen molar-refractivity contribution in [2.24, 2.45) is 5.92 Å². The Hall–Kier alpha value is -3.20. The van der Waals surface area contributed by atoms with E-state index in [4.69, 9.17) is 4.74 Å². The number of rotatable bonds is 8. The first-order valence-corrected chi connectivity index (χ1v) is 13.3. The number of aromatic nitrogens is 2. The highest BCUT2D eigenvalue weighted by Crippen LogP contribution is 2.49. The fraction of sp³-hybridized carbons (Fsp3) is 0.571. The highest BCUT2D eigenvalue weighted by Gasteiger charge is 2.55. The molecule has 1 spiro atoms. The maximum absolute atomic E-state index is 13.7. The zero-order chi connectivity index (χ0) is 26.0. The molecule has 3 amide bonds. The Morgan fingerprint density at radius 3 is 2.35 bits per heavy atom. The molecule has 0 atom stereocenters. The van der Waals surface area contributed by atoms with Crippen LogP contribution >= 0.6 is 0 Å². The number of hydrogen-bond donors (Lipinski definition) is 1. The van der Waals surface area contributed by atoms with Crippen LogP contribution in [0.4, 0.5) is 10.7 Å². The maximum Gasteiger partial charge on any atom is 0.321 e. The standard InChI is InChI=1S/C28H38N6O3/c1-32(2)28(22-10-5-4-6-11-22)14-12-27(13-15-28)20-33(26(36)34(27)18-21-8-7-9-21)19-24(35)31-25-29-16-23(37-3)17-30-25/h4-6,10-11,16-17,21H,7-9,12-15,18-20H2,1-3H3,(H,29,30,31,35)/t27-,28+. The van der Waals surface area contributed by atoms with Gasteiger partial charge >= 0.3 is 6.03 Å². The average molecular weight is 507 g/mol. The lowest BCUT2D eigenvalue weighted by Crippen LogP contribution is -2.56. The van der Waals surface area contributed by atoms with E-state index in [1.165, 1.54) is 44.3 Å². The molecule has 0 bridgehead atoms. The molecule has 2 heterocycles. The van der Waals surface area contributed by atoms with E-state index in [1.807, 2.05) is 0 Å². The first-order valence-electron chi connectivity index (χ1n) is 13.3. The molecule has 1 aliphatic heterocycles. The SMILES string of the molecule is COc1cnc(NC(=O)CN2C[C@]3(CC[C@](c4ccccc4)(N(C)C)CC3)N(CC3CCC3)C2=O)nc1. The smallest absolute Gasteiger partial charge is 0.321 e. The van der Waals surface area contributed by atoms with Gasteiger partial charge in [0, 0.05) is 18.6 Å². The summed E-state index contributed by atoms with van der Waals surface area (Å²) >= 11 is 0. The molecule has 1 saturated heterocycles. The molecule has 3 aliphatic rings. The molecule has 9 nitrogen and oxygen atoms in total. The first kappa shape index (κ1) is 25.4. The topological polar surface area (TPSA) is 90.9 Å². The van der Waals surface area contributed by atoms with Crippen molar-refractivity contribution in [3.8, 4) is 5.75 Å². The molecule has 37 heavy (non-hydrogen) atoms. The summed E-state index contributed by atoms with van der Waals surface area (Å²) < 4.78 is 5.08. The van der Waals surface area contributed by atoms with Gasteiger partial charge in [0.1, 0.15) is 6.54 Å². The zero-order valence-corrected chi connectivity index (χ0v) is 22.2. The van der Waals surface area contributed by atoms with Gasteiger partial charge in [-0.2, -0.15) is 0 Å². The number of carbonyl (C=O) groups is 2. The minimum Gasteiger partial charge on any atom is -0.494 e. The lowest BCUT2D eigenvalue weighted by atomic mass is 9.68. The molecule has 3 fully saturated rings. The number of methoxy groups -OCH3 is 1. The van der Waals surface area contributed by atoms with E-state index in [9.17, 15) is 9.59 Å². The van der Waals surface area contributed by atoms with E-state index in [1.54, 1.807) is 4.90 Å². The van der Waals surface area contributed by atoms with Crippen LogP contribution in [0.1, 0.15) is 50.5 Å². The third-order valence-electron chi connectivity index (χ3n) is 8.85. The fourth-order valence-electron chi connectivity index (χ4n) is 6.33. The number of amides is 3. The van der Waals surface area contributed by atoms with E-state index < -0.39 is 0 Å². The van der Waals surface area contributed by atoms with Gasteiger partial charge in [0.2, 0.25) is 11.9 Å². The van der Waals surface area contributed by atoms with Gasteiger partial charge in [0.15, 0.2) is 5.75 Å². The predicted molar refractivity (Wildman–Crippen MR) is 141 cm³/mol. The van der Waals surface area contributed by atoms with Gasteiger partial charge in [0.05, 0.1) is 25.0 Å². The van der Waals surface area contributed by atoms with Crippen LogP contribution in [0.2, 0.25) is 0 Å². The fourth-order valence-corrected chi connectivity index (χ4v) is 6.33. The summed E-state index contributed by atoms with van der Waals surface area (Å²) in [5.74, 6) is 0.997. The van der Waals surface area contributed by atoms with Gasteiger partial charge in [-0.3, -0.25) is 15.0 Å². The average Bonchev–Trinajstić information content (AvgIpc) is 3.12. The number of anilines is 1. The second kappa shape index (κ2) is 10.3. The van der Waals surface area contributed by atoms with Crippen LogP contribution in [0, 0.1) is 5.92 Å². The highest BCUT2D eigenvalue weighted by molar-refractivity contribution is 5.93. The van der Waals surface area contributed by atoms with Crippen molar-refractivity contribution < 1.29 is 14.3 Å². The van der Waals surface area contributed by atoms with Crippen LogP contribution in [0.5, 0.6) is 5.75 Å². The van der Waals surface area contributed by atoms with E-state index in [0.29, 0.717) is 18.2 Å². The Morgan fingerprint density at radius 1 is 1.11 bits per heavy atom. The van der Waals surface area contributed by atoms with Gasteiger partial charge < -0.3 is 14.5 Å². The van der Waals surface area contributed by atoms with Gasteiger partial charge in [-0.05, 0) is 64.1 Å². The molecule has 9 heteroatoms. The largest absolute Gasteiger partial charge is 0.494 e. The third kappa shape index (κ3) is 4.89. The van der Waals surface area contributed by atoms with Crippen LogP contribution in [-0.2, 0) is 10.3 Å². The Kier molecular flexibility index (Phi) is 7.07. The molecular formula is C28H38N6O3. The minimum absolute atomic E-state index is 0.00531. The molecule has 2 aromatic rings. The van der Waals surface area contributed by atoms with Crippen molar-refractivity contribution >= 4 is 17.9 Å². The van der Waals surface area contributed by atoms with Crippen molar-refractivity contribution in [3.63, 3.8) is 0 Å². The number of nitrogens with one attached hydrogen (secondary N) is 1. The Labute approximate surface area is 219 Å². The number of hydrogen-bond acceptors (Lipinski definition) is 6. The van der Waals surface area contributed by atoms with E-state index in [-0.39, 0.29) is 35.5 Å². The third-order valence-corrected chi connectivity index (χ3v) is 8.85. The van der Waals surface area contributed by atoms with Crippen LogP contribution in [0.3, 0.4) is 0 Å². The zero-order valence-electron chi connectivity index (χ0n) is 22.2. The quantitative estimate of drug-likeness (QED) is 0.587. The molecule has 198 valence electrons. The van der Waals surface area contributed by atoms with Crippen LogP contribution in [0.15, 0.2) is 42.7 Å². The van der Waals surface area contributed by atoms with Crippen LogP contribution in [-0.4, -0.2) is 83.0 Å². The molecule has 2 aliphatic carbocycles. The van der Waals surface area contributed by atoms with Crippen LogP contribution < -0.4 is 10.1 Å². The summed E-state index contributed by atoms with van der Waals surface area (Å²) in [7, 11) is 5.86. The molecular weight excluding hydrogens is 468 g/mol. The first-order chi connectivity index (χ1) is 17.8. The molecule has 1 aromatic carbocycles. The minimum atomic E-state index is -0.290. The van der Waals surface area contributed by atoms with Gasteiger partial charge in [0.25, 0.3) is 0 Å². The van der Waals surface area contributed by atoms with Crippen molar-refractivity contribution in [2.75, 3.05) is 46.2 Å². The Balaban J connectivity index is 1.32. The summed E-state index contributed by atoms with van der Waals surface area (Å²) in [5, 5.41) is 2.72. The number of nitrogens with zero attached hydrogens (tertiary/aromatic N) is 5. The van der Waals surface area contributed by atoms with Crippen molar-refractivity contribution in [3.05, 3.63) is 48.3 Å². The monoisotopic (exact) mass is 506 g/mol. The second-order valence-corrected chi connectivity index (χ2v) is 11.1. The molecule has 5 rings (SSSR count). The van der Waals surface area contributed by atoms with E-state index >= 15 is 0 Å². The summed E-state index contributed by atoms with van der Waals surface area (Å²) in [6, 6.07) is 10.7. The highest BCUT2D eigenvalue weighted by atomic mass is 16.5. The summed E-state index contributed by atoms with van der Waals surface area (Å²) in [6.45, 7) is 1.36. The normalized spacial score (nSPS) is 26.0. The number of carbonyl (C=O) groups excluding carboxylic acids is 2. The molecule has 2 saturated carbocycles. The maximum atomic E-state index is 13.7. The van der Waals surface area contributed by atoms with Crippen molar-refractivity contribution in [2.45, 2.75) is 56.0 Å². The predicted octanol–water partition coefficient (Wildman–Crippen LogP) is 3.73. The molecule has 1 N–H and O–H groups in total. The van der Waals surface area contributed by atoms with Gasteiger partial charge in [-0.1, -0.05) is 36.8 Å². The van der Waals surface area contributed by atoms with Crippen molar-refractivity contribution in [1.29, 1.82) is 0 Å². The Bertz CT molecular complexity index is 1090. The van der Waals surface area contributed by atoms with Gasteiger partial charge in [-0.25, -0.2) is 14.8 Å². The van der Waals surface area contributed by atoms with Crippen LogP contribution in [0.25, 0.3) is 0 Å². The van der Waals surface area contributed by atoms with E-state index in [2.05, 4.69) is 69.5 Å². The summed E-state index contributed by atoms with van der Waals surface area (Å²) in [6.07, 6.45) is 10.4.